The number of piperazine rings is 1. The summed E-state index contributed by atoms with van der Waals surface area (Å²) in [6.07, 6.45) is 3.43. The van der Waals surface area contributed by atoms with E-state index in [4.69, 9.17) is 4.74 Å². The SMILES string of the molecule is COc1ccc(Br)cc1/C=C/C(=O)N1CCN(C)CC1. The summed E-state index contributed by atoms with van der Waals surface area (Å²) in [5, 5.41) is 0. The molecule has 0 radical (unpaired) electrons. The number of halogens is 1. The molecule has 0 spiro atoms. The maximum atomic E-state index is 12.1. The van der Waals surface area contributed by atoms with E-state index in [-0.39, 0.29) is 5.91 Å². The van der Waals surface area contributed by atoms with Gasteiger partial charge in [-0.25, -0.2) is 0 Å². The summed E-state index contributed by atoms with van der Waals surface area (Å²) in [6.45, 7) is 3.43. The Hall–Kier alpha value is -1.33. The molecule has 0 aromatic heterocycles. The zero-order valence-electron chi connectivity index (χ0n) is 11.8. The third-order valence-electron chi connectivity index (χ3n) is 3.41. The zero-order valence-corrected chi connectivity index (χ0v) is 13.4. The van der Waals surface area contributed by atoms with Gasteiger partial charge in [0.25, 0.3) is 0 Å². The van der Waals surface area contributed by atoms with Gasteiger partial charge in [-0.15, -0.1) is 0 Å². The number of hydrogen-bond acceptors (Lipinski definition) is 3. The first-order valence-electron chi connectivity index (χ1n) is 6.59. The summed E-state index contributed by atoms with van der Waals surface area (Å²) in [5.74, 6) is 0.816. The highest BCUT2D eigenvalue weighted by Gasteiger charge is 2.16. The lowest BCUT2D eigenvalue weighted by atomic mass is 10.2. The summed E-state index contributed by atoms with van der Waals surface area (Å²) in [6, 6.07) is 5.73. The number of ether oxygens (including phenoxy) is 1. The monoisotopic (exact) mass is 338 g/mol. The molecular formula is C15H19BrN2O2. The second kappa shape index (κ2) is 6.90. The normalized spacial score (nSPS) is 16.6. The van der Waals surface area contributed by atoms with Gasteiger partial charge in [0, 0.05) is 42.3 Å². The summed E-state index contributed by atoms with van der Waals surface area (Å²) in [7, 11) is 3.70. The smallest absolute Gasteiger partial charge is 0.246 e. The van der Waals surface area contributed by atoms with Crippen molar-refractivity contribution in [3.8, 4) is 5.75 Å². The summed E-state index contributed by atoms with van der Waals surface area (Å²) >= 11 is 3.43. The van der Waals surface area contributed by atoms with Gasteiger partial charge in [0.15, 0.2) is 0 Å². The van der Waals surface area contributed by atoms with Crippen LogP contribution in [0.1, 0.15) is 5.56 Å². The van der Waals surface area contributed by atoms with Crippen LogP contribution in [0.2, 0.25) is 0 Å². The van der Waals surface area contributed by atoms with Crippen LogP contribution in [-0.4, -0.2) is 56.0 Å². The van der Waals surface area contributed by atoms with Crippen molar-refractivity contribution in [1.82, 2.24) is 9.80 Å². The molecule has 0 aliphatic carbocycles. The molecule has 5 heteroatoms. The largest absolute Gasteiger partial charge is 0.496 e. The molecule has 1 amide bonds. The molecule has 1 heterocycles. The number of carbonyl (C=O) groups is 1. The number of amides is 1. The lowest BCUT2D eigenvalue weighted by Gasteiger charge is -2.31. The number of methoxy groups -OCH3 is 1. The van der Waals surface area contributed by atoms with Gasteiger partial charge in [0.2, 0.25) is 5.91 Å². The van der Waals surface area contributed by atoms with Crippen LogP contribution in [0.5, 0.6) is 5.75 Å². The Morgan fingerprint density at radius 3 is 2.65 bits per heavy atom. The van der Waals surface area contributed by atoms with Crippen molar-refractivity contribution in [3.05, 3.63) is 34.3 Å². The first-order valence-corrected chi connectivity index (χ1v) is 7.38. The molecule has 1 fully saturated rings. The Bertz CT molecular complexity index is 509. The second-order valence-corrected chi connectivity index (χ2v) is 5.76. The number of benzene rings is 1. The first kappa shape index (κ1) is 15.1. The van der Waals surface area contributed by atoms with E-state index in [1.807, 2.05) is 29.2 Å². The highest BCUT2D eigenvalue weighted by Crippen LogP contribution is 2.24. The van der Waals surface area contributed by atoms with Crippen LogP contribution < -0.4 is 4.74 Å². The van der Waals surface area contributed by atoms with Gasteiger partial charge in [-0.1, -0.05) is 15.9 Å². The summed E-state index contributed by atoms with van der Waals surface area (Å²) in [5.41, 5.74) is 0.893. The van der Waals surface area contributed by atoms with E-state index in [9.17, 15) is 4.79 Å². The molecule has 0 bridgehead atoms. The quantitative estimate of drug-likeness (QED) is 0.792. The molecule has 1 aliphatic heterocycles. The lowest BCUT2D eigenvalue weighted by molar-refractivity contribution is -0.127. The lowest BCUT2D eigenvalue weighted by Crippen LogP contribution is -2.46. The third kappa shape index (κ3) is 3.84. The Morgan fingerprint density at radius 1 is 1.30 bits per heavy atom. The van der Waals surface area contributed by atoms with Crippen molar-refractivity contribution >= 4 is 27.9 Å². The molecule has 1 aliphatic rings. The van der Waals surface area contributed by atoms with Crippen molar-refractivity contribution in [2.75, 3.05) is 40.3 Å². The van der Waals surface area contributed by atoms with Crippen LogP contribution >= 0.6 is 15.9 Å². The van der Waals surface area contributed by atoms with E-state index >= 15 is 0 Å². The fourth-order valence-electron chi connectivity index (χ4n) is 2.13. The highest BCUT2D eigenvalue weighted by atomic mass is 79.9. The van der Waals surface area contributed by atoms with Crippen molar-refractivity contribution in [2.24, 2.45) is 0 Å². The Labute approximate surface area is 128 Å². The van der Waals surface area contributed by atoms with Gasteiger partial charge in [-0.3, -0.25) is 4.79 Å². The van der Waals surface area contributed by atoms with Crippen LogP contribution in [0.25, 0.3) is 6.08 Å². The van der Waals surface area contributed by atoms with E-state index in [1.165, 1.54) is 0 Å². The number of rotatable bonds is 3. The topological polar surface area (TPSA) is 32.8 Å². The molecule has 1 aromatic rings. The van der Waals surface area contributed by atoms with Gasteiger partial charge < -0.3 is 14.5 Å². The van der Waals surface area contributed by atoms with Gasteiger partial charge in [0.05, 0.1) is 7.11 Å². The van der Waals surface area contributed by atoms with Crippen molar-refractivity contribution in [3.63, 3.8) is 0 Å². The van der Waals surface area contributed by atoms with Gasteiger partial charge in [0.1, 0.15) is 5.75 Å². The summed E-state index contributed by atoms with van der Waals surface area (Å²) < 4.78 is 6.25. The van der Waals surface area contributed by atoms with Gasteiger partial charge in [-0.2, -0.15) is 0 Å². The molecule has 108 valence electrons. The first-order chi connectivity index (χ1) is 9.60. The minimum Gasteiger partial charge on any atom is -0.496 e. The van der Waals surface area contributed by atoms with Crippen LogP contribution in [0.4, 0.5) is 0 Å². The van der Waals surface area contributed by atoms with Gasteiger partial charge in [-0.05, 0) is 31.3 Å². The fourth-order valence-corrected chi connectivity index (χ4v) is 2.51. The van der Waals surface area contributed by atoms with Crippen molar-refractivity contribution in [1.29, 1.82) is 0 Å². The number of hydrogen-bond donors (Lipinski definition) is 0. The minimum absolute atomic E-state index is 0.0557. The molecule has 0 saturated carbocycles. The predicted molar refractivity (Wildman–Crippen MR) is 83.8 cm³/mol. The average Bonchev–Trinajstić information content (AvgIpc) is 2.45. The van der Waals surface area contributed by atoms with Crippen LogP contribution in [0.3, 0.4) is 0 Å². The Kier molecular flexibility index (Phi) is 5.20. The van der Waals surface area contributed by atoms with Gasteiger partial charge >= 0.3 is 0 Å². The zero-order chi connectivity index (χ0) is 14.5. The van der Waals surface area contributed by atoms with E-state index in [2.05, 4.69) is 27.9 Å². The molecule has 20 heavy (non-hydrogen) atoms. The predicted octanol–water partition coefficient (Wildman–Crippen LogP) is 2.24. The standard InChI is InChI=1S/C15H19BrN2O2/c1-17-7-9-18(10-8-17)15(19)6-3-12-11-13(16)4-5-14(12)20-2/h3-6,11H,7-10H2,1-2H3/b6-3+. The second-order valence-electron chi connectivity index (χ2n) is 4.85. The molecule has 4 nitrogen and oxygen atoms in total. The van der Waals surface area contributed by atoms with Crippen LogP contribution in [0.15, 0.2) is 28.7 Å². The van der Waals surface area contributed by atoms with Crippen molar-refractivity contribution in [2.45, 2.75) is 0 Å². The van der Waals surface area contributed by atoms with Crippen molar-refractivity contribution < 1.29 is 9.53 Å². The Balaban J connectivity index is 2.05. The number of carbonyl (C=O) groups excluding carboxylic acids is 1. The molecule has 1 aromatic carbocycles. The number of likely N-dealkylation sites (N-methyl/N-ethyl adjacent to an activating group) is 1. The average molecular weight is 339 g/mol. The van der Waals surface area contributed by atoms with E-state index in [0.29, 0.717) is 0 Å². The summed E-state index contributed by atoms with van der Waals surface area (Å²) in [4.78, 5) is 16.2. The maximum absolute atomic E-state index is 12.1. The van der Waals surface area contributed by atoms with Crippen LogP contribution in [-0.2, 0) is 4.79 Å². The molecule has 2 rings (SSSR count). The Morgan fingerprint density at radius 2 is 2.00 bits per heavy atom. The fraction of sp³-hybridized carbons (Fsp3) is 0.400. The minimum atomic E-state index is 0.0557. The number of nitrogens with zero attached hydrogens (tertiary/aromatic N) is 2. The molecule has 0 atom stereocenters. The van der Waals surface area contributed by atoms with E-state index in [1.54, 1.807) is 13.2 Å². The molecular weight excluding hydrogens is 320 g/mol. The molecule has 0 N–H and O–H groups in total. The maximum Gasteiger partial charge on any atom is 0.246 e. The van der Waals surface area contributed by atoms with E-state index in [0.717, 1.165) is 42.0 Å². The highest BCUT2D eigenvalue weighted by molar-refractivity contribution is 9.10. The third-order valence-corrected chi connectivity index (χ3v) is 3.91. The molecule has 0 unspecified atom stereocenters. The van der Waals surface area contributed by atoms with E-state index < -0.39 is 0 Å². The van der Waals surface area contributed by atoms with Crippen LogP contribution in [0, 0.1) is 0 Å². The molecule has 1 saturated heterocycles.